The summed E-state index contributed by atoms with van der Waals surface area (Å²) in [5.41, 5.74) is 0.869. The fraction of sp³-hybridized carbons (Fsp3) is 0.133. The minimum atomic E-state index is -0.254. The summed E-state index contributed by atoms with van der Waals surface area (Å²) in [5, 5.41) is 8.21. The fourth-order valence-corrected chi connectivity index (χ4v) is 3.03. The van der Waals surface area contributed by atoms with Crippen molar-refractivity contribution in [3.8, 4) is 0 Å². The van der Waals surface area contributed by atoms with Crippen molar-refractivity contribution >= 4 is 51.1 Å². The van der Waals surface area contributed by atoms with Gasteiger partial charge in [0.05, 0.1) is 22.8 Å². The van der Waals surface area contributed by atoms with Crippen molar-refractivity contribution in [3.63, 3.8) is 0 Å². The van der Waals surface area contributed by atoms with Crippen LogP contribution in [0.1, 0.15) is 5.56 Å². The van der Waals surface area contributed by atoms with E-state index in [1.165, 1.54) is 21.9 Å². The number of halogens is 2. The summed E-state index contributed by atoms with van der Waals surface area (Å²) in [6.07, 6.45) is 3.07. The Morgan fingerprint density at radius 1 is 1.29 bits per heavy atom. The van der Waals surface area contributed by atoms with E-state index in [1.807, 2.05) is 0 Å². The molecule has 0 aliphatic carbocycles. The summed E-state index contributed by atoms with van der Waals surface area (Å²) in [7, 11) is 0. The van der Waals surface area contributed by atoms with Crippen molar-refractivity contribution in [2.75, 3.05) is 11.9 Å². The summed E-state index contributed by atoms with van der Waals surface area (Å²) < 4.78 is 1.43. The van der Waals surface area contributed by atoms with Crippen LogP contribution in [0.4, 0.5) is 5.69 Å². The lowest BCUT2D eigenvalue weighted by Gasteiger charge is -2.08. The van der Waals surface area contributed by atoms with Crippen molar-refractivity contribution in [1.82, 2.24) is 14.7 Å². The first-order valence-electron chi connectivity index (χ1n) is 6.94. The number of rotatable bonds is 5. The third kappa shape index (κ3) is 3.69. The lowest BCUT2D eigenvalue weighted by molar-refractivity contribution is -0.119. The van der Waals surface area contributed by atoms with Crippen LogP contribution in [-0.4, -0.2) is 21.8 Å². The van der Waals surface area contributed by atoms with Gasteiger partial charge in [-0.05, 0) is 17.7 Å². The molecule has 0 aliphatic rings. The molecule has 6 nitrogen and oxygen atoms in total. The topological polar surface area (TPSA) is 75.5 Å². The monoisotopic (exact) mass is 382 g/mol. The van der Waals surface area contributed by atoms with E-state index >= 15 is 0 Å². The molecule has 0 bridgehead atoms. The summed E-state index contributed by atoms with van der Waals surface area (Å²) in [5.74, 6) is -0.254. The fourth-order valence-electron chi connectivity index (χ4n) is 2.03. The molecule has 2 N–H and O–H groups in total. The van der Waals surface area contributed by atoms with Gasteiger partial charge in [-0.25, -0.2) is 4.98 Å². The molecule has 9 heteroatoms. The molecular formula is C15H12Cl2N4O2S. The maximum Gasteiger partial charge on any atom is 0.281 e. The van der Waals surface area contributed by atoms with Crippen LogP contribution in [0, 0.1) is 0 Å². The van der Waals surface area contributed by atoms with Crippen molar-refractivity contribution in [2.24, 2.45) is 0 Å². The molecule has 2 aromatic heterocycles. The zero-order valence-corrected chi connectivity index (χ0v) is 14.6. The average molecular weight is 383 g/mol. The SMILES string of the molecule is O=C(CNc1cnc2sccn2c1=O)NCc1ccc(Cl)c(Cl)c1. The van der Waals surface area contributed by atoms with Crippen molar-refractivity contribution in [2.45, 2.75) is 6.54 Å². The maximum atomic E-state index is 12.2. The predicted octanol–water partition coefficient (Wildman–Crippen LogP) is 2.79. The minimum Gasteiger partial charge on any atom is -0.370 e. The number of carbonyl (C=O) groups excluding carboxylic acids is 1. The van der Waals surface area contributed by atoms with Crippen LogP contribution >= 0.6 is 34.5 Å². The summed E-state index contributed by atoms with van der Waals surface area (Å²) in [6, 6.07) is 5.15. The van der Waals surface area contributed by atoms with Crippen molar-refractivity contribution < 1.29 is 4.79 Å². The Morgan fingerprint density at radius 3 is 2.92 bits per heavy atom. The molecule has 3 aromatic rings. The molecule has 24 heavy (non-hydrogen) atoms. The normalized spacial score (nSPS) is 10.8. The number of anilines is 1. The molecule has 2 heterocycles. The zero-order chi connectivity index (χ0) is 17.1. The summed E-state index contributed by atoms with van der Waals surface area (Å²) >= 11 is 13.1. The highest BCUT2D eigenvalue weighted by Crippen LogP contribution is 2.22. The Kier molecular flexibility index (Phi) is 5.03. The molecule has 0 fully saturated rings. The lowest BCUT2D eigenvalue weighted by Crippen LogP contribution is -2.31. The highest BCUT2D eigenvalue weighted by Gasteiger charge is 2.08. The smallest absolute Gasteiger partial charge is 0.281 e. The number of aromatic nitrogens is 2. The molecule has 1 amide bonds. The largest absolute Gasteiger partial charge is 0.370 e. The molecule has 0 aliphatic heterocycles. The number of fused-ring (bicyclic) bond motifs is 1. The lowest BCUT2D eigenvalue weighted by atomic mass is 10.2. The van der Waals surface area contributed by atoms with E-state index < -0.39 is 0 Å². The number of thiazole rings is 1. The molecular weight excluding hydrogens is 371 g/mol. The van der Waals surface area contributed by atoms with Gasteiger partial charge in [0.1, 0.15) is 5.69 Å². The molecule has 0 unspecified atom stereocenters. The third-order valence-corrected chi connectivity index (χ3v) is 4.77. The molecule has 3 rings (SSSR count). The Balaban J connectivity index is 1.57. The summed E-state index contributed by atoms with van der Waals surface area (Å²) in [6.45, 7) is 0.284. The van der Waals surface area contributed by atoms with Crippen LogP contribution in [0.2, 0.25) is 10.0 Å². The Labute approximate surface area is 151 Å². The van der Waals surface area contributed by atoms with Gasteiger partial charge in [-0.3, -0.25) is 14.0 Å². The van der Waals surface area contributed by atoms with Crippen molar-refractivity contribution in [1.29, 1.82) is 0 Å². The highest BCUT2D eigenvalue weighted by molar-refractivity contribution is 7.15. The van der Waals surface area contributed by atoms with Gasteiger partial charge in [-0.2, -0.15) is 0 Å². The van der Waals surface area contributed by atoms with Crippen LogP contribution in [0.25, 0.3) is 4.96 Å². The standard InChI is InChI=1S/C15H12Cl2N4O2S/c16-10-2-1-9(5-11(10)17)6-19-13(22)8-18-12-7-20-15-21(14(12)23)3-4-24-15/h1-5,7,18H,6,8H2,(H,19,22). The first-order valence-corrected chi connectivity index (χ1v) is 8.57. The average Bonchev–Trinajstić information content (AvgIpc) is 3.05. The van der Waals surface area contributed by atoms with Crippen molar-refractivity contribution in [3.05, 3.63) is 61.9 Å². The molecule has 0 saturated carbocycles. The molecule has 0 spiro atoms. The zero-order valence-electron chi connectivity index (χ0n) is 12.3. The molecule has 0 saturated heterocycles. The number of carbonyl (C=O) groups is 1. The van der Waals surface area contributed by atoms with Gasteiger partial charge in [0.2, 0.25) is 5.91 Å². The van der Waals surface area contributed by atoms with Crippen LogP contribution in [0.3, 0.4) is 0 Å². The van der Waals surface area contributed by atoms with E-state index in [-0.39, 0.29) is 23.7 Å². The van der Waals surface area contributed by atoms with E-state index in [4.69, 9.17) is 23.2 Å². The second kappa shape index (κ2) is 7.21. The Morgan fingerprint density at radius 2 is 2.12 bits per heavy atom. The summed E-state index contributed by atoms with van der Waals surface area (Å²) in [4.78, 5) is 28.8. The van der Waals surface area contributed by atoms with Crippen LogP contribution in [0.5, 0.6) is 0 Å². The van der Waals surface area contributed by atoms with Crippen LogP contribution in [0.15, 0.2) is 40.8 Å². The maximum absolute atomic E-state index is 12.2. The van der Waals surface area contributed by atoms with Gasteiger partial charge in [0.25, 0.3) is 5.56 Å². The predicted molar refractivity (Wildman–Crippen MR) is 96.1 cm³/mol. The van der Waals surface area contributed by atoms with Crippen LogP contribution in [-0.2, 0) is 11.3 Å². The van der Waals surface area contributed by atoms with E-state index in [1.54, 1.807) is 29.8 Å². The number of amides is 1. The first kappa shape index (κ1) is 16.8. The highest BCUT2D eigenvalue weighted by atomic mass is 35.5. The number of benzene rings is 1. The minimum absolute atomic E-state index is 0.0333. The van der Waals surface area contributed by atoms with Gasteiger partial charge in [0.15, 0.2) is 4.96 Å². The third-order valence-electron chi connectivity index (χ3n) is 3.26. The van der Waals surface area contributed by atoms with Gasteiger partial charge < -0.3 is 10.6 Å². The second-order valence-corrected chi connectivity index (χ2v) is 6.60. The number of nitrogens with zero attached hydrogens (tertiary/aromatic N) is 2. The van der Waals surface area contributed by atoms with Gasteiger partial charge in [-0.1, -0.05) is 29.3 Å². The van der Waals surface area contributed by atoms with Gasteiger partial charge in [0, 0.05) is 18.1 Å². The Hall–Kier alpha value is -2.09. The van der Waals surface area contributed by atoms with Gasteiger partial charge in [-0.15, -0.1) is 11.3 Å². The molecule has 1 aromatic carbocycles. The van der Waals surface area contributed by atoms with E-state index in [0.29, 0.717) is 21.6 Å². The molecule has 0 radical (unpaired) electrons. The quantitative estimate of drug-likeness (QED) is 0.711. The van der Waals surface area contributed by atoms with E-state index in [2.05, 4.69) is 15.6 Å². The number of hydrogen-bond acceptors (Lipinski definition) is 5. The molecule has 124 valence electrons. The van der Waals surface area contributed by atoms with Gasteiger partial charge >= 0.3 is 0 Å². The number of nitrogens with one attached hydrogen (secondary N) is 2. The van der Waals surface area contributed by atoms with E-state index in [0.717, 1.165) is 5.56 Å². The van der Waals surface area contributed by atoms with Crippen LogP contribution < -0.4 is 16.2 Å². The second-order valence-electron chi connectivity index (χ2n) is 4.91. The molecule has 0 atom stereocenters. The Bertz CT molecular complexity index is 954. The van der Waals surface area contributed by atoms with E-state index in [9.17, 15) is 9.59 Å². The number of hydrogen-bond donors (Lipinski definition) is 2. The first-order chi connectivity index (χ1) is 11.5.